The normalized spacial score (nSPS) is 15.9. The fourth-order valence-electron chi connectivity index (χ4n) is 3.42. The fourth-order valence-corrected chi connectivity index (χ4v) is 3.42. The third-order valence-electron chi connectivity index (χ3n) is 5.10. The summed E-state index contributed by atoms with van der Waals surface area (Å²) in [5, 5.41) is 24.0. The molecule has 3 rings (SSSR count). The van der Waals surface area contributed by atoms with Gasteiger partial charge >= 0.3 is 0 Å². The van der Waals surface area contributed by atoms with Gasteiger partial charge < -0.3 is 15.2 Å². The number of non-ortho nitro benzene ring substituents is 1. The van der Waals surface area contributed by atoms with Crippen LogP contribution in [0.15, 0.2) is 54.6 Å². The van der Waals surface area contributed by atoms with E-state index in [1.54, 1.807) is 12.1 Å². The highest BCUT2D eigenvalue weighted by molar-refractivity contribution is 5.78. The maximum absolute atomic E-state index is 12.2. The van der Waals surface area contributed by atoms with Crippen LogP contribution < -0.4 is 10.1 Å². The molecule has 0 saturated carbocycles. The van der Waals surface area contributed by atoms with Crippen molar-refractivity contribution in [3.05, 3.63) is 70.3 Å². The van der Waals surface area contributed by atoms with Crippen LogP contribution >= 0.6 is 0 Å². The van der Waals surface area contributed by atoms with E-state index >= 15 is 0 Å². The van der Waals surface area contributed by atoms with Crippen LogP contribution in [0.2, 0.25) is 0 Å². The number of nitrogens with zero attached hydrogens (tertiary/aromatic N) is 3. The largest absolute Gasteiger partial charge is 0.491 e. The molecule has 0 radical (unpaired) electrons. The minimum atomic E-state index is -0.708. The van der Waals surface area contributed by atoms with Crippen LogP contribution in [0.25, 0.3) is 0 Å². The number of β-amino-alcohol motifs (C(OH)–C–C–N with tert-alkyl or cyclic N) is 1. The highest BCUT2D eigenvalue weighted by Crippen LogP contribution is 2.19. The molecule has 166 valence electrons. The lowest BCUT2D eigenvalue weighted by Crippen LogP contribution is -2.51. The first-order valence-corrected chi connectivity index (χ1v) is 10.3. The first-order chi connectivity index (χ1) is 15.0. The van der Waals surface area contributed by atoms with E-state index in [0.29, 0.717) is 25.4 Å². The van der Waals surface area contributed by atoms with Crippen molar-refractivity contribution in [3.63, 3.8) is 0 Å². The molecule has 1 aliphatic rings. The van der Waals surface area contributed by atoms with Gasteiger partial charge in [-0.25, -0.2) is 0 Å². The summed E-state index contributed by atoms with van der Waals surface area (Å²) < 4.78 is 5.49. The Morgan fingerprint density at radius 1 is 1.10 bits per heavy atom. The Kier molecular flexibility index (Phi) is 8.34. The Morgan fingerprint density at radius 3 is 2.52 bits per heavy atom. The quantitative estimate of drug-likeness (QED) is 0.433. The number of carbonyl (C=O) groups is 1. The lowest BCUT2D eigenvalue weighted by atomic mass is 10.2. The maximum Gasteiger partial charge on any atom is 0.273 e. The van der Waals surface area contributed by atoms with Crippen molar-refractivity contribution in [1.29, 1.82) is 0 Å². The van der Waals surface area contributed by atoms with Crippen LogP contribution in [-0.2, 0) is 11.3 Å². The number of aliphatic hydroxyl groups is 1. The molecule has 0 bridgehead atoms. The van der Waals surface area contributed by atoms with E-state index in [-0.39, 0.29) is 18.2 Å². The monoisotopic (exact) mass is 428 g/mol. The molecule has 1 aliphatic heterocycles. The Balaban J connectivity index is 1.32. The van der Waals surface area contributed by atoms with Gasteiger partial charge in [-0.2, -0.15) is 0 Å². The summed E-state index contributed by atoms with van der Waals surface area (Å²) in [6, 6.07) is 15.7. The molecule has 2 aromatic rings. The van der Waals surface area contributed by atoms with Gasteiger partial charge in [-0.1, -0.05) is 36.4 Å². The van der Waals surface area contributed by atoms with Crippen molar-refractivity contribution in [2.45, 2.75) is 12.6 Å². The summed E-state index contributed by atoms with van der Waals surface area (Å²) in [6.45, 7) is 4.38. The van der Waals surface area contributed by atoms with Gasteiger partial charge in [0.15, 0.2) is 0 Å². The van der Waals surface area contributed by atoms with Crippen LogP contribution in [-0.4, -0.2) is 77.7 Å². The molecule has 0 aromatic heterocycles. The molecule has 1 atom stereocenters. The van der Waals surface area contributed by atoms with Crippen LogP contribution in [0.5, 0.6) is 5.75 Å². The number of rotatable bonds is 10. The molecule has 2 N–H and O–H groups in total. The summed E-state index contributed by atoms with van der Waals surface area (Å²) in [5.41, 5.74) is 1.03. The van der Waals surface area contributed by atoms with Gasteiger partial charge in [-0.15, -0.1) is 0 Å². The average Bonchev–Trinajstić information content (AvgIpc) is 2.78. The number of aliphatic hydroxyl groups excluding tert-OH is 1. The molecule has 2 aromatic carbocycles. The van der Waals surface area contributed by atoms with Gasteiger partial charge in [0.25, 0.3) is 5.69 Å². The van der Waals surface area contributed by atoms with Crippen LogP contribution in [0.1, 0.15) is 5.56 Å². The van der Waals surface area contributed by atoms with Gasteiger partial charge in [0.05, 0.1) is 17.5 Å². The molecule has 9 nitrogen and oxygen atoms in total. The average molecular weight is 428 g/mol. The van der Waals surface area contributed by atoms with Gasteiger partial charge in [0, 0.05) is 45.3 Å². The Hall–Kier alpha value is -3.01. The first-order valence-electron chi connectivity index (χ1n) is 10.3. The second-order valence-electron chi connectivity index (χ2n) is 7.56. The van der Waals surface area contributed by atoms with Crippen LogP contribution in [0.3, 0.4) is 0 Å². The number of hydrogen-bond donors (Lipinski definition) is 2. The number of benzene rings is 2. The van der Waals surface area contributed by atoms with Crippen molar-refractivity contribution in [2.24, 2.45) is 0 Å². The number of nitro benzene ring substituents is 1. The molecule has 9 heteroatoms. The molecule has 0 unspecified atom stereocenters. The first kappa shape index (κ1) is 22.7. The zero-order valence-corrected chi connectivity index (χ0v) is 17.4. The van der Waals surface area contributed by atoms with Crippen LogP contribution in [0, 0.1) is 10.1 Å². The highest BCUT2D eigenvalue weighted by atomic mass is 16.6. The molecule has 1 amide bonds. The molecule has 1 heterocycles. The lowest BCUT2D eigenvalue weighted by molar-refractivity contribution is -0.384. The SMILES string of the molecule is O=C(CN1CCN(C[C@@H](O)COc2cccc([N+](=O)[O-])c2)CC1)NCc1ccccc1. The van der Waals surface area contributed by atoms with Crippen molar-refractivity contribution in [2.75, 3.05) is 45.9 Å². The second-order valence-corrected chi connectivity index (χ2v) is 7.56. The van der Waals surface area contributed by atoms with E-state index in [0.717, 1.165) is 31.7 Å². The lowest BCUT2D eigenvalue weighted by Gasteiger charge is -2.35. The summed E-state index contributed by atoms with van der Waals surface area (Å²) in [4.78, 5) is 26.7. The topological polar surface area (TPSA) is 108 Å². The summed E-state index contributed by atoms with van der Waals surface area (Å²) in [7, 11) is 0. The molecule has 31 heavy (non-hydrogen) atoms. The Morgan fingerprint density at radius 2 is 1.81 bits per heavy atom. The Labute approximate surface area is 181 Å². The number of nitrogens with one attached hydrogen (secondary N) is 1. The second kappa shape index (κ2) is 11.4. The third kappa shape index (κ3) is 7.63. The van der Waals surface area contributed by atoms with E-state index in [1.807, 2.05) is 30.3 Å². The van der Waals surface area contributed by atoms with Crippen molar-refractivity contribution in [3.8, 4) is 5.75 Å². The maximum atomic E-state index is 12.2. The fraction of sp³-hybridized carbons (Fsp3) is 0.409. The van der Waals surface area contributed by atoms with Gasteiger partial charge in [-0.05, 0) is 11.6 Å². The smallest absolute Gasteiger partial charge is 0.273 e. The predicted molar refractivity (Wildman–Crippen MR) is 116 cm³/mol. The van der Waals surface area contributed by atoms with Crippen molar-refractivity contribution < 1.29 is 19.6 Å². The molecular weight excluding hydrogens is 400 g/mol. The highest BCUT2D eigenvalue weighted by Gasteiger charge is 2.21. The summed E-state index contributed by atoms with van der Waals surface area (Å²) in [5.74, 6) is 0.363. The standard InChI is InChI=1S/C22H28N4O5/c27-20(17-31-21-8-4-7-19(13-21)26(29)30)15-24-9-11-25(12-10-24)16-22(28)23-14-18-5-2-1-3-6-18/h1-8,13,20,27H,9-12,14-17H2,(H,23,28)/t20-/m1/s1. The number of hydrogen-bond acceptors (Lipinski definition) is 7. The van der Waals surface area contributed by atoms with E-state index in [4.69, 9.17) is 4.74 Å². The molecular formula is C22H28N4O5. The predicted octanol–water partition coefficient (Wildman–Crippen LogP) is 1.27. The zero-order valence-electron chi connectivity index (χ0n) is 17.4. The number of nitro groups is 1. The minimum absolute atomic E-state index is 0.00249. The zero-order chi connectivity index (χ0) is 22.1. The minimum Gasteiger partial charge on any atom is -0.491 e. The van der Waals surface area contributed by atoms with E-state index in [2.05, 4.69) is 15.1 Å². The third-order valence-corrected chi connectivity index (χ3v) is 5.10. The van der Waals surface area contributed by atoms with E-state index < -0.39 is 11.0 Å². The molecule has 1 fully saturated rings. The number of amides is 1. The van der Waals surface area contributed by atoms with Gasteiger partial charge in [0.1, 0.15) is 18.5 Å². The molecule has 1 saturated heterocycles. The molecule has 0 aliphatic carbocycles. The summed E-state index contributed by atoms with van der Waals surface area (Å²) in [6.07, 6.45) is -0.708. The van der Waals surface area contributed by atoms with Crippen LogP contribution in [0.4, 0.5) is 5.69 Å². The van der Waals surface area contributed by atoms with E-state index in [1.165, 1.54) is 12.1 Å². The van der Waals surface area contributed by atoms with E-state index in [9.17, 15) is 20.0 Å². The van der Waals surface area contributed by atoms with Gasteiger partial charge in [-0.3, -0.25) is 24.7 Å². The summed E-state index contributed by atoms with van der Waals surface area (Å²) >= 11 is 0. The Bertz CT molecular complexity index is 856. The van der Waals surface area contributed by atoms with Gasteiger partial charge in [0.2, 0.25) is 5.91 Å². The number of piperazine rings is 1. The van der Waals surface area contributed by atoms with Crippen molar-refractivity contribution >= 4 is 11.6 Å². The number of ether oxygens (including phenoxy) is 1. The molecule has 0 spiro atoms. The number of carbonyl (C=O) groups excluding carboxylic acids is 1. The van der Waals surface area contributed by atoms with Crippen molar-refractivity contribution in [1.82, 2.24) is 15.1 Å².